The van der Waals surface area contributed by atoms with Gasteiger partial charge < -0.3 is 10.4 Å². The highest BCUT2D eigenvalue weighted by Crippen LogP contribution is 2.29. The molecule has 3 aromatic rings. The van der Waals surface area contributed by atoms with E-state index < -0.39 is 0 Å². The summed E-state index contributed by atoms with van der Waals surface area (Å²) in [7, 11) is 0. The molecule has 0 aromatic heterocycles. The molecule has 0 saturated carbocycles. The van der Waals surface area contributed by atoms with E-state index in [2.05, 4.69) is 59.9 Å². The minimum absolute atomic E-state index is 0.0995. The van der Waals surface area contributed by atoms with Gasteiger partial charge in [-0.05, 0) is 58.9 Å². The maximum absolute atomic E-state index is 11.9. The highest BCUT2D eigenvalue weighted by atomic mass is 16.2. The number of aliphatic hydroxyl groups is 1. The molecule has 0 atom stereocenters. The normalized spacial score (nSPS) is 11.1. The van der Waals surface area contributed by atoms with Crippen molar-refractivity contribution < 1.29 is 9.90 Å². The predicted molar refractivity (Wildman–Crippen MR) is 104 cm³/mol. The third-order valence-electron chi connectivity index (χ3n) is 4.62. The lowest BCUT2D eigenvalue weighted by molar-refractivity contribution is -0.121. The monoisotopic (exact) mass is 335 g/mol. The molecule has 0 heterocycles. The molecule has 3 heteroatoms. The van der Waals surface area contributed by atoms with Gasteiger partial charge in [-0.3, -0.25) is 4.79 Å². The molecule has 0 aliphatic carbocycles. The smallest absolute Gasteiger partial charge is 0.220 e. The summed E-state index contributed by atoms with van der Waals surface area (Å²) in [6, 6.07) is 19.2. The second kappa shape index (κ2) is 8.63. The topological polar surface area (TPSA) is 49.3 Å². The van der Waals surface area contributed by atoms with E-state index >= 15 is 0 Å². The lowest BCUT2D eigenvalue weighted by atomic mass is 9.93. The quantitative estimate of drug-likeness (QED) is 0.479. The first kappa shape index (κ1) is 17.4. The zero-order chi connectivity index (χ0) is 17.5. The van der Waals surface area contributed by atoms with Crippen LogP contribution in [-0.2, 0) is 11.2 Å². The van der Waals surface area contributed by atoms with E-state index in [0.29, 0.717) is 13.0 Å². The molecule has 0 unspecified atom stereocenters. The summed E-state index contributed by atoms with van der Waals surface area (Å²) in [5.41, 5.74) is 1.33. The van der Waals surface area contributed by atoms with E-state index in [1.165, 1.54) is 27.1 Å². The molecule has 1 amide bonds. The van der Waals surface area contributed by atoms with Gasteiger partial charge >= 0.3 is 0 Å². The van der Waals surface area contributed by atoms with Crippen LogP contribution in [0.15, 0.2) is 54.6 Å². The molecule has 3 aromatic carbocycles. The lowest BCUT2D eigenvalue weighted by Gasteiger charge is -2.12. The van der Waals surface area contributed by atoms with Crippen LogP contribution in [0.4, 0.5) is 0 Å². The number of aliphatic hydroxyl groups excluding tert-OH is 1. The Kier molecular flexibility index (Phi) is 6.02. The van der Waals surface area contributed by atoms with E-state index in [-0.39, 0.29) is 12.5 Å². The van der Waals surface area contributed by atoms with E-state index in [0.717, 1.165) is 25.7 Å². The number of benzene rings is 3. The Morgan fingerprint density at radius 2 is 1.52 bits per heavy atom. The molecule has 2 N–H and O–H groups in total. The molecule has 0 aliphatic rings. The largest absolute Gasteiger partial charge is 0.396 e. The highest BCUT2D eigenvalue weighted by Gasteiger charge is 2.08. The number of fused-ring (bicyclic) bond motifs is 2. The van der Waals surface area contributed by atoms with Gasteiger partial charge in [0.05, 0.1) is 0 Å². The van der Waals surface area contributed by atoms with Crippen LogP contribution in [0.1, 0.15) is 31.2 Å². The molecule has 0 fully saturated rings. The number of amides is 1. The van der Waals surface area contributed by atoms with Gasteiger partial charge in [0, 0.05) is 19.6 Å². The molecular weight excluding hydrogens is 310 g/mol. The van der Waals surface area contributed by atoms with Gasteiger partial charge in [-0.15, -0.1) is 0 Å². The van der Waals surface area contributed by atoms with Crippen LogP contribution in [0.3, 0.4) is 0 Å². The molecule has 0 aliphatic heterocycles. The number of carbonyl (C=O) groups excluding carboxylic acids is 1. The highest BCUT2D eigenvalue weighted by molar-refractivity contribution is 6.02. The van der Waals surface area contributed by atoms with Gasteiger partial charge in [-0.25, -0.2) is 0 Å². The van der Waals surface area contributed by atoms with Crippen molar-refractivity contribution in [3.05, 3.63) is 60.2 Å². The van der Waals surface area contributed by atoms with Crippen LogP contribution in [-0.4, -0.2) is 24.2 Å². The Morgan fingerprint density at radius 3 is 2.16 bits per heavy atom. The van der Waals surface area contributed by atoms with Crippen LogP contribution < -0.4 is 5.32 Å². The van der Waals surface area contributed by atoms with Crippen molar-refractivity contribution >= 4 is 27.5 Å². The summed E-state index contributed by atoms with van der Waals surface area (Å²) >= 11 is 0. The minimum Gasteiger partial charge on any atom is -0.396 e. The average Bonchev–Trinajstić information content (AvgIpc) is 2.64. The van der Waals surface area contributed by atoms with Crippen molar-refractivity contribution in [3.8, 4) is 0 Å². The molecule has 0 radical (unpaired) electrons. The fourth-order valence-corrected chi connectivity index (χ4v) is 3.36. The Labute approximate surface area is 148 Å². The molecule has 0 spiro atoms. The summed E-state index contributed by atoms with van der Waals surface area (Å²) in [5.74, 6) is 0.0995. The Balaban J connectivity index is 1.71. The second-order valence-corrected chi connectivity index (χ2v) is 6.43. The maximum atomic E-state index is 11.9. The standard InChI is InChI=1S/C22H25NO2/c24-15-6-5-14-23-22(25)13-7-12-21-19-10-3-1-8-17(19)16-18-9-2-4-11-20(18)21/h1-4,8-11,16,24H,5-7,12-15H2,(H,23,25). The second-order valence-electron chi connectivity index (χ2n) is 6.43. The SMILES string of the molecule is O=C(CCCc1c2ccccc2cc2ccccc12)NCCCCO. The van der Waals surface area contributed by atoms with Crippen molar-refractivity contribution in [2.45, 2.75) is 32.1 Å². The Bertz CT molecular complexity index is 803. The molecule has 3 rings (SSSR count). The van der Waals surface area contributed by atoms with E-state index in [4.69, 9.17) is 5.11 Å². The van der Waals surface area contributed by atoms with Crippen LogP contribution in [0.25, 0.3) is 21.5 Å². The zero-order valence-electron chi connectivity index (χ0n) is 14.5. The lowest BCUT2D eigenvalue weighted by Crippen LogP contribution is -2.24. The van der Waals surface area contributed by atoms with Crippen molar-refractivity contribution in [2.24, 2.45) is 0 Å². The van der Waals surface area contributed by atoms with Crippen molar-refractivity contribution in [1.29, 1.82) is 0 Å². The van der Waals surface area contributed by atoms with Crippen LogP contribution in [0.5, 0.6) is 0 Å². The third-order valence-corrected chi connectivity index (χ3v) is 4.62. The van der Waals surface area contributed by atoms with Gasteiger partial charge in [-0.2, -0.15) is 0 Å². The van der Waals surface area contributed by atoms with E-state index in [1.807, 2.05) is 0 Å². The Morgan fingerprint density at radius 1 is 0.880 bits per heavy atom. The summed E-state index contributed by atoms with van der Waals surface area (Å²) in [5, 5.41) is 16.8. The third kappa shape index (κ3) is 4.37. The summed E-state index contributed by atoms with van der Waals surface area (Å²) in [4.78, 5) is 11.9. The molecule has 0 bridgehead atoms. The first-order chi connectivity index (χ1) is 12.3. The number of hydrogen-bond donors (Lipinski definition) is 2. The van der Waals surface area contributed by atoms with Gasteiger partial charge in [-0.1, -0.05) is 48.5 Å². The zero-order valence-corrected chi connectivity index (χ0v) is 14.5. The summed E-state index contributed by atoms with van der Waals surface area (Å²) in [6.07, 6.45) is 3.84. The number of nitrogens with one attached hydrogen (secondary N) is 1. The first-order valence-electron chi connectivity index (χ1n) is 9.06. The fourth-order valence-electron chi connectivity index (χ4n) is 3.36. The average molecular weight is 335 g/mol. The summed E-state index contributed by atoms with van der Waals surface area (Å²) < 4.78 is 0. The minimum atomic E-state index is 0.0995. The Hall–Kier alpha value is -2.39. The van der Waals surface area contributed by atoms with Gasteiger partial charge in [0.2, 0.25) is 5.91 Å². The van der Waals surface area contributed by atoms with E-state index in [9.17, 15) is 4.79 Å². The molecule has 0 saturated heterocycles. The van der Waals surface area contributed by atoms with Crippen LogP contribution in [0.2, 0.25) is 0 Å². The molecule has 130 valence electrons. The maximum Gasteiger partial charge on any atom is 0.220 e. The van der Waals surface area contributed by atoms with Crippen molar-refractivity contribution in [3.63, 3.8) is 0 Å². The van der Waals surface area contributed by atoms with Gasteiger partial charge in [0.25, 0.3) is 0 Å². The number of hydrogen-bond acceptors (Lipinski definition) is 2. The van der Waals surface area contributed by atoms with Gasteiger partial charge in [0.15, 0.2) is 0 Å². The fraction of sp³-hybridized carbons (Fsp3) is 0.318. The van der Waals surface area contributed by atoms with Crippen molar-refractivity contribution in [2.75, 3.05) is 13.2 Å². The number of rotatable bonds is 8. The predicted octanol–water partition coefficient (Wildman–Crippen LogP) is 4.20. The number of carbonyl (C=O) groups is 1. The molecule has 25 heavy (non-hydrogen) atoms. The number of unbranched alkanes of at least 4 members (excludes halogenated alkanes) is 1. The van der Waals surface area contributed by atoms with Crippen LogP contribution >= 0.6 is 0 Å². The van der Waals surface area contributed by atoms with E-state index in [1.54, 1.807) is 0 Å². The first-order valence-corrected chi connectivity index (χ1v) is 9.06. The number of aryl methyl sites for hydroxylation is 1. The molecular formula is C22H25NO2. The molecule has 3 nitrogen and oxygen atoms in total. The summed E-state index contributed by atoms with van der Waals surface area (Å²) in [6.45, 7) is 0.834. The van der Waals surface area contributed by atoms with Crippen molar-refractivity contribution in [1.82, 2.24) is 5.32 Å². The van der Waals surface area contributed by atoms with Crippen LogP contribution in [0, 0.1) is 0 Å². The van der Waals surface area contributed by atoms with Gasteiger partial charge in [0.1, 0.15) is 0 Å².